The van der Waals surface area contributed by atoms with Gasteiger partial charge in [-0.05, 0) is 47.0 Å². The summed E-state index contributed by atoms with van der Waals surface area (Å²) in [5, 5.41) is 2.74. The topological polar surface area (TPSA) is 32.3 Å². The third kappa shape index (κ3) is 2.04. The molecule has 2 rings (SSSR count). The van der Waals surface area contributed by atoms with E-state index in [-0.39, 0.29) is 11.8 Å². The van der Waals surface area contributed by atoms with Gasteiger partial charge in [0.15, 0.2) is 0 Å². The number of hydrogen-bond acceptors (Lipinski definition) is 1. The van der Waals surface area contributed by atoms with E-state index in [1.807, 2.05) is 6.92 Å². The Balaban J connectivity index is 2.39. The summed E-state index contributed by atoms with van der Waals surface area (Å²) in [5.74, 6) is -0.348. The summed E-state index contributed by atoms with van der Waals surface area (Å²) >= 11 is 3.13. The van der Waals surface area contributed by atoms with Crippen molar-refractivity contribution in [1.29, 1.82) is 0 Å². The maximum atomic E-state index is 13.4. The monoisotopic (exact) mass is 286 g/mol. The molecule has 0 atom stereocenters. The van der Waals surface area contributed by atoms with Crippen LogP contribution in [0.15, 0.2) is 16.6 Å². The summed E-state index contributed by atoms with van der Waals surface area (Å²) in [4.78, 5) is 13.2. The van der Waals surface area contributed by atoms with Crippen LogP contribution < -0.4 is 10.2 Å². The van der Waals surface area contributed by atoms with Crippen LogP contribution in [0.25, 0.3) is 0 Å². The summed E-state index contributed by atoms with van der Waals surface area (Å²) in [6.07, 6.45) is 0.878. The molecule has 0 saturated carbocycles. The van der Waals surface area contributed by atoms with E-state index < -0.39 is 0 Å². The highest BCUT2D eigenvalue weighted by Crippen LogP contribution is 2.27. The zero-order valence-electron chi connectivity index (χ0n) is 8.89. The van der Waals surface area contributed by atoms with E-state index >= 15 is 0 Å². The van der Waals surface area contributed by atoms with Crippen molar-refractivity contribution in [2.24, 2.45) is 0 Å². The maximum absolute atomic E-state index is 13.4. The first kappa shape index (κ1) is 11.4. The molecule has 0 bridgehead atoms. The van der Waals surface area contributed by atoms with Crippen molar-refractivity contribution >= 4 is 27.6 Å². The smallest absolute Gasteiger partial charge is 0.321 e. The maximum Gasteiger partial charge on any atom is 0.321 e. The summed E-state index contributed by atoms with van der Waals surface area (Å²) in [6, 6.07) is 2.92. The van der Waals surface area contributed by atoms with E-state index in [1.165, 1.54) is 6.07 Å². The van der Waals surface area contributed by atoms with Gasteiger partial charge in [-0.3, -0.25) is 4.90 Å². The molecule has 5 heteroatoms. The van der Waals surface area contributed by atoms with Gasteiger partial charge in [0.05, 0.1) is 10.2 Å². The third-order valence-corrected chi connectivity index (χ3v) is 3.22. The van der Waals surface area contributed by atoms with Crippen LogP contribution in [-0.4, -0.2) is 19.1 Å². The van der Waals surface area contributed by atoms with Crippen LogP contribution in [-0.2, 0) is 0 Å². The van der Waals surface area contributed by atoms with Crippen LogP contribution in [0.5, 0.6) is 0 Å². The Morgan fingerprint density at radius 1 is 1.50 bits per heavy atom. The summed E-state index contributed by atoms with van der Waals surface area (Å²) in [5.41, 5.74) is 1.52. The highest BCUT2D eigenvalue weighted by atomic mass is 79.9. The van der Waals surface area contributed by atoms with Crippen molar-refractivity contribution in [2.75, 3.05) is 18.0 Å². The number of urea groups is 1. The molecule has 1 aliphatic rings. The van der Waals surface area contributed by atoms with Gasteiger partial charge in [0.25, 0.3) is 0 Å². The fraction of sp³-hybridized carbons (Fsp3) is 0.364. The molecular weight excluding hydrogens is 275 g/mol. The van der Waals surface area contributed by atoms with Crippen LogP contribution in [0.4, 0.5) is 14.9 Å². The molecule has 1 heterocycles. The van der Waals surface area contributed by atoms with Crippen LogP contribution in [0.2, 0.25) is 0 Å². The van der Waals surface area contributed by atoms with E-state index in [1.54, 1.807) is 11.0 Å². The first-order valence-corrected chi connectivity index (χ1v) is 5.90. The number of carbonyl (C=O) groups is 1. The second kappa shape index (κ2) is 4.41. The molecule has 1 saturated heterocycles. The number of carbonyl (C=O) groups excluding carboxylic acids is 1. The minimum atomic E-state index is -0.348. The van der Waals surface area contributed by atoms with Crippen molar-refractivity contribution in [1.82, 2.24) is 5.32 Å². The lowest BCUT2D eigenvalue weighted by molar-refractivity contribution is 0.243. The van der Waals surface area contributed by atoms with Gasteiger partial charge < -0.3 is 5.32 Å². The van der Waals surface area contributed by atoms with Crippen molar-refractivity contribution in [3.63, 3.8) is 0 Å². The minimum Gasteiger partial charge on any atom is -0.338 e. The van der Waals surface area contributed by atoms with Gasteiger partial charge >= 0.3 is 6.03 Å². The predicted octanol–water partition coefficient (Wildman–Crippen LogP) is 2.82. The lowest BCUT2D eigenvalue weighted by atomic mass is 10.1. The second-order valence-electron chi connectivity index (χ2n) is 3.79. The molecule has 1 N–H and O–H groups in total. The molecule has 0 aliphatic carbocycles. The van der Waals surface area contributed by atoms with Gasteiger partial charge in [-0.25, -0.2) is 9.18 Å². The molecule has 3 nitrogen and oxygen atoms in total. The van der Waals surface area contributed by atoms with Crippen LogP contribution in [0.1, 0.15) is 12.0 Å². The van der Waals surface area contributed by atoms with Crippen LogP contribution in [0.3, 0.4) is 0 Å². The number of aryl methyl sites for hydroxylation is 1. The Hall–Kier alpha value is -1.10. The summed E-state index contributed by atoms with van der Waals surface area (Å²) < 4.78 is 13.9. The Labute approximate surface area is 102 Å². The van der Waals surface area contributed by atoms with Crippen molar-refractivity contribution in [2.45, 2.75) is 13.3 Å². The normalized spacial score (nSPS) is 16.2. The standard InChI is InChI=1S/C11H12BrFN2O/c1-7-5-8(12)9(13)6-10(7)15-4-2-3-14-11(15)16/h5-6H,2-4H2,1H3,(H,14,16). The first-order chi connectivity index (χ1) is 7.59. The van der Waals surface area contributed by atoms with Crippen LogP contribution >= 0.6 is 15.9 Å². The van der Waals surface area contributed by atoms with E-state index in [2.05, 4.69) is 21.2 Å². The van der Waals surface area contributed by atoms with Gasteiger partial charge in [-0.1, -0.05) is 0 Å². The Bertz CT molecular complexity index is 436. The van der Waals surface area contributed by atoms with Gasteiger partial charge in [-0.15, -0.1) is 0 Å². The Morgan fingerprint density at radius 2 is 2.25 bits per heavy atom. The molecule has 1 aromatic rings. The highest BCUT2D eigenvalue weighted by Gasteiger charge is 2.21. The van der Waals surface area contributed by atoms with E-state index in [0.29, 0.717) is 23.2 Å². The molecule has 0 radical (unpaired) electrons. The average Bonchev–Trinajstić information content (AvgIpc) is 2.25. The molecule has 1 aromatic carbocycles. The number of rotatable bonds is 1. The Kier molecular flexibility index (Phi) is 3.14. The molecule has 0 aromatic heterocycles. The first-order valence-electron chi connectivity index (χ1n) is 5.10. The molecule has 0 spiro atoms. The fourth-order valence-corrected chi connectivity index (χ4v) is 2.24. The lowest BCUT2D eigenvalue weighted by Gasteiger charge is -2.28. The largest absolute Gasteiger partial charge is 0.338 e. The highest BCUT2D eigenvalue weighted by molar-refractivity contribution is 9.10. The van der Waals surface area contributed by atoms with E-state index in [9.17, 15) is 9.18 Å². The van der Waals surface area contributed by atoms with Crippen LogP contribution in [0, 0.1) is 12.7 Å². The third-order valence-electron chi connectivity index (χ3n) is 2.61. The average molecular weight is 287 g/mol. The molecule has 2 amide bonds. The number of nitrogens with one attached hydrogen (secondary N) is 1. The molecule has 86 valence electrons. The minimum absolute atomic E-state index is 0.156. The van der Waals surface area contributed by atoms with Crippen molar-refractivity contribution in [3.8, 4) is 0 Å². The van der Waals surface area contributed by atoms with E-state index in [4.69, 9.17) is 0 Å². The number of benzene rings is 1. The Morgan fingerprint density at radius 3 is 2.94 bits per heavy atom. The van der Waals surface area contributed by atoms with E-state index in [0.717, 1.165) is 12.0 Å². The zero-order valence-corrected chi connectivity index (χ0v) is 10.5. The van der Waals surface area contributed by atoms with Crippen molar-refractivity contribution < 1.29 is 9.18 Å². The number of amides is 2. The number of hydrogen-bond donors (Lipinski definition) is 1. The number of nitrogens with zero attached hydrogens (tertiary/aromatic N) is 1. The van der Waals surface area contributed by atoms with Gasteiger partial charge in [0, 0.05) is 13.1 Å². The fourth-order valence-electron chi connectivity index (χ4n) is 1.79. The van der Waals surface area contributed by atoms with Gasteiger partial charge in [0.1, 0.15) is 5.82 Å². The molecular formula is C11H12BrFN2O. The number of anilines is 1. The zero-order chi connectivity index (χ0) is 11.7. The molecule has 1 fully saturated rings. The molecule has 16 heavy (non-hydrogen) atoms. The second-order valence-corrected chi connectivity index (χ2v) is 4.64. The summed E-state index contributed by atoms with van der Waals surface area (Å²) in [6.45, 7) is 3.18. The number of halogens is 2. The summed E-state index contributed by atoms with van der Waals surface area (Å²) in [7, 11) is 0. The molecule has 0 unspecified atom stereocenters. The quantitative estimate of drug-likeness (QED) is 0.846. The SMILES string of the molecule is Cc1cc(Br)c(F)cc1N1CCCNC1=O. The predicted molar refractivity (Wildman–Crippen MR) is 64.2 cm³/mol. The van der Waals surface area contributed by atoms with Crippen molar-refractivity contribution in [3.05, 3.63) is 28.0 Å². The molecule has 1 aliphatic heterocycles. The lowest BCUT2D eigenvalue weighted by Crippen LogP contribution is -2.46. The van der Waals surface area contributed by atoms with Gasteiger partial charge in [0.2, 0.25) is 0 Å². The van der Waals surface area contributed by atoms with Gasteiger partial charge in [-0.2, -0.15) is 0 Å².